The van der Waals surface area contributed by atoms with Gasteiger partial charge in [-0.1, -0.05) is 6.07 Å². The van der Waals surface area contributed by atoms with Crippen LogP contribution in [0.4, 0.5) is 26.4 Å². The normalized spacial score (nSPS) is 17.8. The molecule has 178 valence electrons. The van der Waals surface area contributed by atoms with Gasteiger partial charge in [0.15, 0.2) is 11.5 Å². The van der Waals surface area contributed by atoms with Crippen LogP contribution in [0.25, 0.3) is 0 Å². The monoisotopic (exact) mass is 475 g/mol. The zero-order valence-electron chi connectivity index (χ0n) is 18.7. The maximum absolute atomic E-state index is 15.2. The summed E-state index contributed by atoms with van der Waals surface area (Å²) < 4.78 is 26.0. The van der Waals surface area contributed by atoms with E-state index in [1.807, 2.05) is 21.9 Å². The molecule has 2 saturated heterocycles. The molecule has 0 unspecified atom stereocenters. The van der Waals surface area contributed by atoms with Gasteiger partial charge in [0.1, 0.15) is 31.1 Å². The fraction of sp³-hybridized carbons (Fsp3) is 0.292. The molecule has 0 N–H and O–H groups in total. The van der Waals surface area contributed by atoms with E-state index in [9.17, 15) is 4.79 Å². The molecule has 0 aliphatic carbocycles. The topological polar surface area (TPSA) is 108 Å². The van der Waals surface area contributed by atoms with Crippen molar-refractivity contribution < 1.29 is 18.7 Å². The Morgan fingerprint density at radius 1 is 1.09 bits per heavy atom. The van der Waals surface area contributed by atoms with E-state index in [-0.39, 0.29) is 18.9 Å². The summed E-state index contributed by atoms with van der Waals surface area (Å²) in [5.74, 6) is 0.712. The van der Waals surface area contributed by atoms with Gasteiger partial charge in [0.25, 0.3) is 0 Å². The molecule has 2 fully saturated rings. The molecule has 3 aromatic rings. The zero-order chi connectivity index (χ0) is 24.2. The number of hydrogen-bond donors (Lipinski definition) is 0. The Kier molecular flexibility index (Phi) is 6.26. The molecule has 2 aromatic heterocycles. The van der Waals surface area contributed by atoms with Gasteiger partial charge in [0, 0.05) is 38.4 Å². The molecule has 1 aromatic carbocycles. The molecule has 2 aliphatic heterocycles. The quantitative estimate of drug-likeness (QED) is 0.532. The number of amides is 1. The molecule has 0 spiro atoms. The van der Waals surface area contributed by atoms with Crippen LogP contribution in [0.2, 0.25) is 0 Å². The molecule has 0 radical (unpaired) electrons. The van der Waals surface area contributed by atoms with E-state index in [0.29, 0.717) is 49.3 Å². The number of rotatable bonds is 6. The number of halogens is 1. The number of nitriles is 1. The average molecular weight is 475 g/mol. The lowest BCUT2D eigenvalue weighted by atomic mass is 10.2. The number of cyclic esters (lactones) is 1. The van der Waals surface area contributed by atoms with Gasteiger partial charge in [0.2, 0.25) is 5.88 Å². The molecule has 10 nitrogen and oxygen atoms in total. The maximum Gasteiger partial charge on any atom is 0.414 e. The number of carbonyl (C=O) groups is 1. The summed E-state index contributed by atoms with van der Waals surface area (Å²) in [6, 6.07) is 15.0. The van der Waals surface area contributed by atoms with Crippen LogP contribution in [-0.2, 0) is 4.74 Å². The fourth-order valence-corrected chi connectivity index (χ4v) is 4.15. The third-order valence-electron chi connectivity index (χ3n) is 5.94. The molecule has 11 heteroatoms. The highest BCUT2D eigenvalue weighted by molar-refractivity contribution is 5.90. The van der Waals surface area contributed by atoms with Crippen LogP contribution in [-0.4, -0.2) is 66.7 Å². The molecular formula is C24H22FN7O3. The number of carbonyl (C=O) groups excluding carboxylic acids is 1. The van der Waals surface area contributed by atoms with Crippen molar-refractivity contribution in [2.45, 2.75) is 6.04 Å². The summed E-state index contributed by atoms with van der Waals surface area (Å²) in [7, 11) is 0. The van der Waals surface area contributed by atoms with Gasteiger partial charge in [-0.05, 0) is 36.4 Å². The lowest BCUT2D eigenvalue weighted by Crippen LogP contribution is -2.47. The van der Waals surface area contributed by atoms with E-state index in [1.165, 1.54) is 11.0 Å². The van der Waals surface area contributed by atoms with E-state index in [0.717, 1.165) is 0 Å². The van der Waals surface area contributed by atoms with Crippen molar-refractivity contribution in [3.05, 3.63) is 66.2 Å². The number of nitrogens with zero attached hydrogens (tertiary/aromatic N) is 7. The van der Waals surface area contributed by atoms with Crippen LogP contribution in [0.1, 0.15) is 5.69 Å². The number of aromatic nitrogens is 3. The minimum Gasteiger partial charge on any atom is -0.475 e. The van der Waals surface area contributed by atoms with Gasteiger partial charge in [-0.3, -0.25) is 4.90 Å². The van der Waals surface area contributed by atoms with Crippen LogP contribution < -0.4 is 19.4 Å². The number of hydrogen-bond acceptors (Lipinski definition) is 9. The van der Waals surface area contributed by atoms with Gasteiger partial charge in [-0.25, -0.2) is 14.2 Å². The third-order valence-corrected chi connectivity index (χ3v) is 5.94. The van der Waals surface area contributed by atoms with Gasteiger partial charge < -0.3 is 19.3 Å². The van der Waals surface area contributed by atoms with Gasteiger partial charge >= 0.3 is 6.09 Å². The average Bonchev–Trinajstić information content (AvgIpc) is 3.28. The highest BCUT2D eigenvalue weighted by atomic mass is 19.1. The largest absolute Gasteiger partial charge is 0.475 e. The van der Waals surface area contributed by atoms with E-state index in [2.05, 4.69) is 15.2 Å². The Morgan fingerprint density at radius 2 is 1.91 bits per heavy atom. The van der Waals surface area contributed by atoms with E-state index in [1.54, 1.807) is 42.6 Å². The lowest BCUT2D eigenvalue weighted by Gasteiger charge is -2.36. The Hall–Kier alpha value is -4.46. The molecule has 5 rings (SSSR count). The van der Waals surface area contributed by atoms with Crippen LogP contribution in [0.3, 0.4) is 0 Å². The van der Waals surface area contributed by atoms with Crippen molar-refractivity contribution in [1.82, 2.24) is 15.2 Å². The minimum atomic E-state index is -0.538. The molecular weight excluding hydrogens is 453 g/mol. The Labute approximate surface area is 201 Å². The predicted octanol–water partition coefficient (Wildman–Crippen LogP) is 2.61. The fourth-order valence-electron chi connectivity index (χ4n) is 4.15. The van der Waals surface area contributed by atoms with E-state index >= 15 is 4.39 Å². The number of pyridine rings is 1. The first-order valence-electron chi connectivity index (χ1n) is 11.2. The van der Waals surface area contributed by atoms with Crippen molar-refractivity contribution in [3.63, 3.8) is 0 Å². The van der Waals surface area contributed by atoms with Gasteiger partial charge in [-0.2, -0.15) is 5.26 Å². The van der Waals surface area contributed by atoms with Crippen LogP contribution in [0.15, 0.2) is 54.7 Å². The van der Waals surface area contributed by atoms with Crippen LogP contribution >= 0.6 is 0 Å². The van der Waals surface area contributed by atoms with Gasteiger partial charge in [-0.15, -0.1) is 10.2 Å². The molecule has 0 saturated carbocycles. The van der Waals surface area contributed by atoms with Crippen molar-refractivity contribution in [1.29, 1.82) is 5.26 Å². The Balaban J connectivity index is 1.24. The SMILES string of the molecule is N#Cc1ccc(N2CCN(c3ccc(N4C(=O)OC[C@H]4COc4ccccn4)cc3F)CC2)nn1. The van der Waals surface area contributed by atoms with Crippen LogP contribution in [0.5, 0.6) is 5.88 Å². The number of anilines is 3. The van der Waals surface area contributed by atoms with Crippen LogP contribution in [0, 0.1) is 17.1 Å². The van der Waals surface area contributed by atoms with Crippen molar-refractivity contribution >= 4 is 23.3 Å². The zero-order valence-corrected chi connectivity index (χ0v) is 18.7. The second-order valence-electron chi connectivity index (χ2n) is 8.08. The second kappa shape index (κ2) is 9.80. The first-order valence-corrected chi connectivity index (χ1v) is 11.2. The van der Waals surface area contributed by atoms with Crippen molar-refractivity contribution in [2.24, 2.45) is 0 Å². The molecule has 35 heavy (non-hydrogen) atoms. The summed E-state index contributed by atoms with van der Waals surface area (Å²) in [4.78, 5) is 21.9. The Morgan fingerprint density at radius 3 is 2.60 bits per heavy atom. The minimum absolute atomic E-state index is 0.148. The number of piperazine rings is 1. The maximum atomic E-state index is 15.2. The van der Waals surface area contributed by atoms with Crippen molar-refractivity contribution in [2.75, 3.05) is 54.1 Å². The second-order valence-corrected chi connectivity index (χ2v) is 8.08. The van der Waals surface area contributed by atoms with Gasteiger partial charge in [0.05, 0.1) is 11.4 Å². The summed E-state index contributed by atoms with van der Waals surface area (Å²) in [6.07, 6.45) is 1.08. The summed E-state index contributed by atoms with van der Waals surface area (Å²) in [5.41, 5.74) is 1.14. The van der Waals surface area contributed by atoms with E-state index in [4.69, 9.17) is 14.7 Å². The summed E-state index contributed by atoms with van der Waals surface area (Å²) in [6.45, 7) is 2.76. The molecule has 2 aliphatic rings. The molecule has 1 atom stereocenters. The smallest absolute Gasteiger partial charge is 0.414 e. The molecule has 0 bridgehead atoms. The summed E-state index contributed by atoms with van der Waals surface area (Å²) >= 11 is 0. The number of ether oxygens (including phenoxy) is 2. The van der Waals surface area contributed by atoms with E-state index < -0.39 is 18.0 Å². The predicted molar refractivity (Wildman–Crippen MR) is 125 cm³/mol. The molecule has 4 heterocycles. The standard InChI is InChI=1S/C24H22FN7O3/c25-20-13-18(32-19(16-35-24(32)33)15-34-23-3-1-2-8-27-23)5-6-21(20)30-9-11-31(12-10-30)22-7-4-17(14-26)28-29-22/h1-8,13,19H,9-12,15-16H2/t19-/m1/s1. The number of benzene rings is 1. The first kappa shape index (κ1) is 22.3. The highest BCUT2D eigenvalue weighted by Crippen LogP contribution is 2.30. The lowest BCUT2D eigenvalue weighted by molar-refractivity contribution is 0.175. The first-order chi connectivity index (χ1) is 17.1. The highest BCUT2D eigenvalue weighted by Gasteiger charge is 2.35. The summed E-state index contributed by atoms with van der Waals surface area (Å²) in [5, 5.41) is 16.8. The third kappa shape index (κ3) is 4.77. The van der Waals surface area contributed by atoms with Crippen molar-refractivity contribution in [3.8, 4) is 11.9 Å². The Bertz CT molecular complexity index is 1230. The molecule has 1 amide bonds.